The fourth-order valence-corrected chi connectivity index (χ4v) is 3.36. The van der Waals surface area contributed by atoms with Gasteiger partial charge in [0.1, 0.15) is 0 Å². The Balaban J connectivity index is 1.61. The number of carbonyl (C=O) groups is 1. The number of hydrogen-bond donors (Lipinski definition) is 1. The summed E-state index contributed by atoms with van der Waals surface area (Å²) in [6, 6.07) is 10.9. The zero-order valence-corrected chi connectivity index (χ0v) is 14.9. The summed E-state index contributed by atoms with van der Waals surface area (Å²) in [6.45, 7) is 5.93. The van der Waals surface area contributed by atoms with Gasteiger partial charge < -0.3 is 15.0 Å². The van der Waals surface area contributed by atoms with Crippen LogP contribution in [0, 0.1) is 0 Å². The lowest BCUT2D eigenvalue weighted by molar-refractivity contribution is 0.0944. The third-order valence-corrected chi connectivity index (χ3v) is 4.66. The molecule has 25 heavy (non-hydrogen) atoms. The van der Waals surface area contributed by atoms with Crippen LogP contribution in [0.3, 0.4) is 0 Å². The van der Waals surface area contributed by atoms with Crippen LogP contribution >= 0.6 is 0 Å². The highest BCUT2D eigenvalue weighted by atomic mass is 16.6. The molecule has 1 fully saturated rings. The smallest absolute Gasteiger partial charge is 0.409 e. The zero-order valence-electron chi connectivity index (χ0n) is 14.9. The fraction of sp³-hybridized carbons (Fsp3) is 0.474. The number of nitrogens with zero attached hydrogens (tertiary/aromatic N) is 3. The second-order valence-electron chi connectivity index (χ2n) is 6.36. The van der Waals surface area contributed by atoms with Gasteiger partial charge in [-0.25, -0.2) is 9.48 Å². The summed E-state index contributed by atoms with van der Waals surface area (Å²) in [5, 5.41) is 8.06. The topological polar surface area (TPSA) is 59.4 Å². The van der Waals surface area contributed by atoms with Gasteiger partial charge in [-0.15, -0.1) is 0 Å². The van der Waals surface area contributed by atoms with E-state index in [0.717, 1.165) is 31.6 Å². The molecular formula is C19H26N4O2. The molecule has 0 aliphatic carbocycles. The molecule has 134 valence electrons. The lowest BCUT2D eigenvalue weighted by Crippen LogP contribution is -2.45. The summed E-state index contributed by atoms with van der Waals surface area (Å²) in [5.74, 6) is 0. The van der Waals surface area contributed by atoms with Crippen LogP contribution in [-0.4, -0.2) is 46.5 Å². The van der Waals surface area contributed by atoms with E-state index < -0.39 is 0 Å². The van der Waals surface area contributed by atoms with Gasteiger partial charge in [-0.05, 0) is 44.4 Å². The number of nitrogens with one attached hydrogen (secondary N) is 1. The van der Waals surface area contributed by atoms with Crippen LogP contribution in [0.2, 0.25) is 0 Å². The van der Waals surface area contributed by atoms with Crippen LogP contribution in [0.1, 0.15) is 38.3 Å². The van der Waals surface area contributed by atoms with Crippen molar-refractivity contribution in [3.8, 4) is 5.69 Å². The minimum Gasteiger partial charge on any atom is -0.450 e. The molecule has 1 amide bonds. The number of aromatic nitrogens is 2. The van der Waals surface area contributed by atoms with Crippen LogP contribution in [0.15, 0.2) is 42.7 Å². The first kappa shape index (κ1) is 17.5. The highest BCUT2D eigenvalue weighted by Gasteiger charge is 2.25. The average molecular weight is 342 g/mol. The van der Waals surface area contributed by atoms with Gasteiger partial charge in [0, 0.05) is 37.6 Å². The monoisotopic (exact) mass is 342 g/mol. The van der Waals surface area contributed by atoms with Gasteiger partial charge in [0.2, 0.25) is 0 Å². The molecule has 2 heterocycles. The molecule has 6 nitrogen and oxygen atoms in total. The Morgan fingerprint density at radius 3 is 2.76 bits per heavy atom. The van der Waals surface area contributed by atoms with Crippen LogP contribution in [-0.2, 0) is 4.74 Å². The van der Waals surface area contributed by atoms with E-state index in [0.29, 0.717) is 12.6 Å². The standard InChI is InChI=1S/C19H26N4O2/c1-3-25-19(24)22-13-9-16(10-14-22)21-15(2)17-7-4-5-8-18(17)23-12-6-11-20-23/h4-8,11-12,15-16,21H,3,9-10,13-14H2,1-2H3/t15-/m0/s1. The van der Waals surface area contributed by atoms with Crippen molar-refractivity contribution in [1.29, 1.82) is 0 Å². The fourth-order valence-electron chi connectivity index (χ4n) is 3.36. The predicted molar refractivity (Wildman–Crippen MR) is 96.7 cm³/mol. The second kappa shape index (κ2) is 8.16. The van der Waals surface area contributed by atoms with Crippen LogP contribution in [0.4, 0.5) is 4.79 Å². The summed E-state index contributed by atoms with van der Waals surface area (Å²) < 4.78 is 6.98. The number of rotatable bonds is 5. The Hall–Kier alpha value is -2.34. The van der Waals surface area contributed by atoms with E-state index in [1.54, 1.807) is 11.1 Å². The number of hydrogen-bond acceptors (Lipinski definition) is 4. The number of ether oxygens (including phenoxy) is 1. The molecule has 0 saturated carbocycles. The Morgan fingerprint density at radius 2 is 2.08 bits per heavy atom. The molecule has 6 heteroatoms. The quantitative estimate of drug-likeness (QED) is 0.907. The molecule has 1 aliphatic heterocycles. The molecule has 0 unspecified atom stereocenters. The minimum absolute atomic E-state index is 0.196. The summed E-state index contributed by atoms with van der Waals surface area (Å²) in [6.07, 6.45) is 5.43. The lowest BCUT2D eigenvalue weighted by atomic mass is 10.0. The maximum atomic E-state index is 11.8. The summed E-state index contributed by atoms with van der Waals surface area (Å²) in [5.41, 5.74) is 2.32. The molecule has 2 aromatic rings. The van der Waals surface area contributed by atoms with Gasteiger partial charge in [-0.1, -0.05) is 18.2 Å². The van der Waals surface area contributed by atoms with E-state index in [1.807, 2.05) is 29.9 Å². The summed E-state index contributed by atoms with van der Waals surface area (Å²) >= 11 is 0. The average Bonchev–Trinajstić information content (AvgIpc) is 3.17. The molecule has 3 rings (SSSR count). The molecule has 0 bridgehead atoms. The minimum atomic E-state index is -0.196. The first-order valence-corrected chi connectivity index (χ1v) is 8.95. The molecule has 1 aliphatic rings. The molecule has 1 aromatic carbocycles. The van der Waals surface area contributed by atoms with E-state index in [-0.39, 0.29) is 12.1 Å². The number of benzene rings is 1. The lowest BCUT2D eigenvalue weighted by Gasteiger charge is -2.33. The number of amides is 1. The first-order valence-electron chi connectivity index (χ1n) is 8.95. The zero-order chi connectivity index (χ0) is 17.6. The third kappa shape index (κ3) is 4.20. The predicted octanol–water partition coefficient (Wildman–Crippen LogP) is 3.14. The van der Waals surface area contributed by atoms with Crippen molar-refractivity contribution >= 4 is 6.09 Å². The maximum Gasteiger partial charge on any atom is 0.409 e. The van der Waals surface area contributed by atoms with E-state index in [2.05, 4.69) is 35.5 Å². The van der Waals surface area contributed by atoms with Gasteiger partial charge in [-0.2, -0.15) is 5.10 Å². The van der Waals surface area contributed by atoms with Crippen LogP contribution in [0.5, 0.6) is 0 Å². The number of likely N-dealkylation sites (tertiary alicyclic amines) is 1. The van der Waals surface area contributed by atoms with Crippen molar-refractivity contribution in [2.24, 2.45) is 0 Å². The van der Waals surface area contributed by atoms with Crippen molar-refractivity contribution in [3.63, 3.8) is 0 Å². The van der Waals surface area contributed by atoms with Gasteiger partial charge in [0.05, 0.1) is 12.3 Å². The number of para-hydroxylation sites is 1. The molecule has 1 saturated heterocycles. The van der Waals surface area contributed by atoms with E-state index in [4.69, 9.17) is 4.74 Å². The van der Waals surface area contributed by atoms with Gasteiger partial charge in [0.25, 0.3) is 0 Å². The Kier molecular flexibility index (Phi) is 5.71. The van der Waals surface area contributed by atoms with Crippen molar-refractivity contribution in [1.82, 2.24) is 20.0 Å². The summed E-state index contributed by atoms with van der Waals surface area (Å²) in [7, 11) is 0. The van der Waals surface area contributed by atoms with Crippen molar-refractivity contribution in [2.75, 3.05) is 19.7 Å². The van der Waals surface area contributed by atoms with E-state index in [1.165, 1.54) is 5.56 Å². The molecule has 1 N–H and O–H groups in total. The molecular weight excluding hydrogens is 316 g/mol. The first-order chi connectivity index (χ1) is 12.2. The highest BCUT2D eigenvalue weighted by Crippen LogP contribution is 2.23. The normalized spacial score (nSPS) is 16.6. The number of carbonyl (C=O) groups excluding carboxylic acids is 1. The number of piperidine rings is 1. The van der Waals surface area contributed by atoms with Crippen LogP contribution < -0.4 is 5.32 Å². The summed E-state index contributed by atoms with van der Waals surface area (Å²) in [4.78, 5) is 13.6. The Morgan fingerprint density at radius 1 is 1.32 bits per heavy atom. The maximum absolute atomic E-state index is 11.8. The molecule has 1 atom stereocenters. The van der Waals surface area contributed by atoms with E-state index in [9.17, 15) is 4.79 Å². The van der Waals surface area contributed by atoms with E-state index >= 15 is 0 Å². The molecule has 0 spiro atoms. The second-order valence-corrected chi connectivity index (χ2v) is 6.36. The largest absolute Gasteiger partial charge is 0.450 e. The van der Waals surface area contributed by atoms with Gasteiger partial charge in [0.15, 0.2) is 0 Å². The molecule has 0 radical (unpaired) electrons. The highest BCUT2D eigenvalue weighted by molar-refractivity contribution is 5.67. The Bertz CT molecular complexity index is 678. The van der Waals surface area contributed by atoms with Gasteiger partial charge >= 0.3 is 6.09 Å². The van der Waals surface area contributed by atoms with Crippen molar-refractivity contribution in [2.45, 2.75) is 38.8 Å². The van der Waals surface area contributed by atoms with Crippen LogP contribution in [0.25, 0.3) is 5.69 Å². The van der Waals surface area contributed by atoms with Crippen molar-refractivity contribution in [3.05, 3.63) is 48.3 Å². The van der Waals surface area contributed by atoms with Gasteiger partial charge in [-0.3, -0.25) is 0 Å². The SMILES string of the molecule is CCOC(=O)N1CCC(N[C@@H](C)c2ccccc2-n2cccn2)CC1. The third-order valence-electron chi connectivity index (χ3n) is 4.66. The van der Waals surface area contributed by atoms with Crippen molar-refractivity contribution < 1.29 is 9.53 Å². The molecule has 1 aromatic heterocycles. The Labute approximate surface area is 148 Å².